The minimum absolute atomic E-state index is 0. The molecular formula is C24H48NO24S-3. The van der Waals surface area contributed by atoms with Crippen molar-refractivity contribution in [1.29, 1.82) is 0 Å². The molecule has 4 aliphatic heterocycles. The molecule has 13 unspecified atom stereocenters. The second kappa shape index (κ2) is 25.2. The highest BCUT2D eigenvalue weighted by Crippen LogP contribution is 2.19. The van der Waals surface area contributed by atoms with E-state index in [4.69, 9.17) is 55.4 Å². The van der Waals surface area contributed by atoms with Crippen LogP contribution in [-0.2, 0) is 38.8 Å². The molecule has 4 fully saturated rings. The summed E-state index contributed by atoms with van der Waals surface area (Å²) in [6.45, 7) is -1.11. The van der Waals surface area contributed by atoms with Gasteiger partial charge in [0.25, 0.3) is 0 Å². The zero-order valence-corrected chi connectivity index (χ0v) is 27.1. The number of rotatable bonds is 7. The number of hydrogen-bond acceptors (Lipinski definition) is 21. The van der Waals surface area contributed by atoms with Crippen molar-refractivity contribution in [2.75, 3.05) is 39.6 Å². The van der Waals surface area contributed by atoms with E-state index in [1.807, 2.05) is 0 Å². The Kier molecular flexibility index (Phi) is 26.4. The molecule has 302 valence electrons. The Morgan fingerprint density at radius 3 is 1.58 bits per heavy atom. The summed E-state index contributed by atoms with van der Waals surface area (Å²) < 4.78 is 51.8. The van der Waals surface area contributed by atoms with E-state index in [1.165, 1.54) is 0 Å². The first-order valence-electron chi connectivity index (χ1n) is 14.1. The van der Waals surface area contributed by atoms with E-state index in [2.05, 4.69) is 9.47 Å². The molecule has 0 aromatic heterocycles. The van der Waals surface area contributed by atoms with E-state index in [9.17, 15) is 37.9 Å². The van der Waals surface area contributed by atoms with Gasteiger partial charge in [-0.15, -0.1) is 0 Å². The van der Waals surface area contributed by atoms with Crippen LogP contribution in [0.3, 0.4) is 0 Å². The van der Waals surface area contributed by atoms with Gasteiger partial charge in [-0.05, 0) is 0 Å². The molecule has 0 aliphatic carbocycles. The summed E-state index contributed by atoms with van der Waals surface area (Å²) in [7, 11) is -4.58. The minimum atomic E-state index is -4.58. The summed E-state index contributed by atoms with van der Waals surface area (Å²) in [6, 6.07) is -0.930. The molecule has 0 bridgehead atoms. The minimum Gasteiger partial charge on any atom is -0.735 e. The number of carbonyl (C=O) groups excluding carboxylic acids is 2. The van der Waals surface area contributed by atoms with Crippen LogP contribution in [-0.4, -0.2) is 211 Å². The number of hydrogen-bond donors (Lipinski definition) is 11. The van der Waals surface area contributed by atoms with Gasteiger partial charge in [-0.3, -0.25) is 0 Å². The van der Waals surface area contributed by atoms with Crippen molar-refractivity contribution in [3.63, 3.8) is 0 Å². The van der Waals surface area contributed by atoms with E-state index in [1.54, 1.807) is 4.72 Å². The fourth-order valence-corrected chi connectivity index (χ4v) is 4.92. The summed E-state index contributed by atoms with van der Waals surface area (Å²) in [5.74, 6) is -2.95. The van der Waals surface area contributed by atoms with E-state index in [0.717, 1.165) is 0 Å². The Morgan fingerprint density at radius 2 is 1.18 bits per heavy atom. The first kappa shape index (κ1) is 52.5. The molecule has 26 heteroatoms. The van der Waals surface area contributed by atoms with Gasteiger partial charge in [0.15, 0.2) is 10.3 Å². The van der Waals surface area contributed by atoms with Crippen LogP contribution in [0, 0.1) is 0 Å². The summed E-state index contributed by atoms with van der Waals surface area (Å²) in [5, 5.41) is 110. The van der Waals surface area contributed by atoms with Crippen LogP contribution < -0.4 is 14.9 Å². The molecule has 4 saturated heterocycles. The zero-order valence-electron chi connectivity index (χ0n) is 26.2. The van der Waals surface area contributed by atoms with Crippen LogP contribution in [0.1, 0.15) is 19.3 Å². The van der Waals surface area contributed by atoms with E-state index in [0.29, 0.717) is 6.42 Å². The number of carboxylic acids is 2. The summed E-state index contributed by atoms with van der Waals surface area (Å²) >= 11 is 0. The molecule has 50 heavy (non-hydrogen) atoms. The Hall–Kier alpha value is -1.87. The van der Waals surface area contributed by atoms with Crippen molar-refractivity contribution in [3.05, 3.63) is 0 Å². The molecule has 0 aromatic carbocycles. The molecule has 25 nitrogen and oxygen atoms in total. The Bertz CT molecular complexity index is 1040. The second-order valence-corrected chi connectivity index (χ2v) is 11.9. The maximum atomic E-state index is 10.3. The maximum Gasteiger partial charge on any atom is 0.159 e. The quantitative estimate of drug-likeness (QED) is 0.107. The third-order valence-corrected chi connectivity index (χ3v) is 7.62. The summed E-state index contributed by atoms with van der Waals surface area (Å²) in [4.78, 5) is 20.4. The third-order valence-electron chi connectivity index (χ3n) is 7.03. The number of nitrogens with one attached hydrogen (secondary N) is 1. The van der Waals surface area contributed by atoms with Crippen LogP contribution in [0.25, 0.3) is 0 Å². The molecule has 4 rings (SSSR count). The van der Waals surface area contributed by atoms with Gasteiger partial charge in [0.1, 0.15) is 36.6 Å². The van der Waals surface area contributed by atoms with Crippen molar-refractivity contribution >= 4 is 22.2 Å². The van der Waals surface area contributed by atoms with Crippen molar-refractivity contribution in [1.82, 2.24) is 4.72 Å². The van der Waals surface area contributed by atoms with Crippen LogP contribution in [0.5, 0.6) is 0 Å². The standard InChI is InChI=1S/C6H13NO6S.C6H10O6.C6H10O5.C6H12O4.3H2O/c8-2-4-1-6(9)5(3-13-4)7-14(10,11)12;7-2-1-12-5(6(10)11)4(9)3(2)8;7-3-1-5(6(9)10)11-2-4(3)8;7-2-4-1-5(9)6(3-8)10-4;;;/h4-9H,1-3H2,(H,10,11,12);2-5,7-9H,1H2,(H,10,11);3-5,7-8H,1-2H2,(H,9,10);4-9H,1-3H2;3*1H2/p-3. The monoisotopic (exact) mass is 766 g/mol. The average molecular weight is 767 g/mol. The largest absolute Gasteiger partial charge is 0.735 e. The molecule has 0 aromatic rings. The van der Waals surface area contributed by atoms with Gasteiger partial charge in [0.05, 0.1) is 94.2 Å². The molecule has 0 saturated carbocycles. The number of aliphatic hydroxyl groups excluding tert-OH is 10. The average Bonchev–Trinajstić information content (AvgIpc) is 3.38. The van der Waals surface area contributed by atoms with Crippen LogP contribution >= 0.6 is 0 Å². The van der Waals surface area contributed by atoms with Crippen molar-refractivity contribution in [2.24, 2.45) is 0 Å². The molecule has 4 aliphatic rings. The smallest absolute Gasteiger partial charge is 0.159 e. The topological polar surface area (TPSA) is 483 Å². The molecule has 0 radical (unpaired) electrons. The predicted molar refractivity (Wildman–Crippen MR) is 153 cm³/mol. The van der Waals surface area contributed by atoms with Gasteiger partial charge in [0.2, 0.25) is 0 Å². The van der Waals surface area contributed by atoms with Gasteiger partial charge in [-0.1, -0.05) is 0 Å². The van der Waals surface area contributed by atoms with E-state index < -0.39 is 95.4 Å². The summed E-state index contributed by atoms with van der Waals surface area (Å²) in [6.07, 6.45) is -11.6. The first-order chi connectivity index (χ1) is 21.8. The van der Waals surface area contributed by atoms with Crippen LogP contribution in [0.4, 0.5) is 0 Å². The van der Waals surface area contributed by atoms with Crippen molar-refractivity contribution in [2.45, 2.75) is 98.6 Å². The fraction of sp³-hybridized carbons (Fsp3) is 0.917. The van der Waals surface area contributed by atoms with Crippen LogP contribution in [0.15, 0.2) is 0 Å². The normalized spacial score (nSPS) is 36.4. The molecule has 0 spiro atoms. The molecule has 0 amide bonds. The lowest BCUT2D eigenvalue weighted by molar-refractivity contribution is -0.328. The van der Waals surface area contributed by atoms with Gasteiger partial charge >= 0.3 is 0 Å². The lowest BCUT2D eigenvalue weighted by atomic mass is 10.0. The number of carbonyl (C=O) groups is 2. The first-order valence-corrected chi connectivity index (χ1v) is 15.5. The number of aliphatic hydroxyl groups is 10. The lowest BCUT2D eigenvalue weighted by Gasteiger charge is -2.35. The molecule has 4 heterocycles. The number of ether oxygens (including phenoxy) is 4. The SMILES string of the molecule is O.O.O.O=C([O-])C1CC(O)C(O)CO1.O=C([O-])C1OCC(O)C(O)C1O.O=S(=O)([O-])NC1COC(CO)CC1O.OCC1CC(O)C(CO)O1. The van der Waals surface area contributed by atoms with E-state index >= 15 is 0 Å². The molecule has 17 N–H and O–H groups in total. The Morgan fingerprint density at radius 1 is 0.640 bits per heavy atom. The Labute approximate surface area is 284 Å². The highest BCUT2D eigenvalue weighted by Gasteiger charge is 2.38. The number of aliphatic carboxylic acids is 2. The van der Waals surface area contributed by atoms with Crippen LogP contribution in [0.2, 0.25) is 0 Å². The van der Waals surface area contributed by atoms with E-state index in [-0.39, 0.29) is 75.0 Å². The van der Waals surface area contributed by atoms with Gasteiger partial charge in [-0.2, -0.15) is 0 Å². The zero-order chi connectivity index (χ0) is 36.1. The van der Waals surface area contributed by atoms with Gasteiger partial charge in [0, 0.05) is 19.3 Å². The summed E-state index contributed by atoms with van der Waals surface area (Å²) in [5.41, 5.74) is 0. The van der Waals surface area contributed by atoms with Crippen molar-refractivity contribution < 1.29 is 119 Å². The fourth-order valence-electron chi connectivity index (χ4n) is 4.32. The molecule has 13 atom stereocenters. The highest BCUT2D eigenvalue weighted by atomic mass is 32.2. The Balaban J connectivity index is -0.000000581. The maximum absolute atomic E-state index is 10.3. The van der Waals surface area contributed by atoms with Gasteiger partial charge < -0.3 is 111 Å². The predicted octanol–water partition coefficient (Wildman–Crippen LogP) is -13.0. The third kappa shape index (κ3) is 18.1. The van der Waals surface area contributed by atoms with Crippen molar-refractivity contribution in [3.8, 4) is 0 Å². The molecular weight excluding hydrogens is 718 g/mol. The number of carboxylic acid groups (broad SMARTS) is 2. The second-order valence-electron chi connectivity index (χ2n) is 10.7. The van der Waals surface area contributed by atoms with Gasteiger partial charge in [-0.25, -0.2) is 13.1 Å². The highest BCUT2D eigenvalue weighted by molar-refractivity contribution is 7.83. The lowest BCUT2D eigenvalue weighted by Crippen LogP contribution is -2.58.